The highest BCUT2D eigenvalue weighted by Gasteiger charge is 2.31. The van der Waals surface area contributed by atoms with Crippen LogP contribution in [0.2, 0.25) is 0 Å². The van der Waals surface area contributed by atoms with E-state index in [2.05, 4.69) is 17.0 Å². The Morgan fingerprint density at radius 1 is 1.00 bits per heavy atom. The number of hydrogen-bond donors (Lipinski definition) is 0. The van der Waals surface area contributed by atoms with Gasteiger partial charge in [-0.15, -0.1) is 0 Å². The molecule has 0 aromatic heterocycles. The molecule has 2 aliphatic rings. The lowest BCUT2D eigenvalue weighted by Crippen LogP contribution is -2.52. The molecule has 4 rings (SSSR count). The number of hydrogen-bond acceptors (Lipinski definition) is 6. The summed E-state index contributed by atoms with van der Waals surface area (Å²) in [4.78, 5) is 28.7. The Hall–Kier alpha value is -2.59. The number of amides is 1. The van der Waals surface area contributed by atoms with Crippen molar-refractivity contribution in [3.8, 4) is 0 Å². The van der Waals surface area contributed by atoms with Gasteiger partial charge in [0.2, 0.25) is 15.9 Å². The minimum absolute atomic E-state index is 0.00165. The first-order valence-electron chi connectivity index (χ1n) is 12.1. The van der Waals surface area contributed by atoms with E-state index in [0.717, 1.165) is 25.0 Å². The van der Waals surface area contributed by atoms with Crippen LogP contribution in [0.15, 0.2) is 59.5 Å². The van der Waals surface area contributed by atoms with Crippen LogP contribution in [-0.4, -0.2) is 86.2 Å². The van der Waals surface area contributed by atoms with Crippen molar-refractivity contribution in [1.29, 1.82) is 0 Å². The Bertz CT molecular complexity index is 1110. The molecule has 0 spiro atoms. The molecule has 2 heterocycles. The second-order valence-electron chi connectivity index (χ2n) is 9.16. The van der Waals surface area contributed by atoms with Crippen LogP contribution in [0.5, 0.6) is 0 Å². The van der Waals surface area contributed by atoms with Gasteiger partial charge in [-0.25, -0.2) is 8.42 Å². The molecule has 2 aliphatic heterocycles. The highest BCUT2D eigenvalue weighted by atomic mass is 32.2. The highest BCUT2D eigenvalue weighted by molar-refractivity contribution is 7.89. The molecule has 0 saturated carbocycles. The van der Waals surface area contributed by atoms with Gasteiger partial charge in [-0.3, -0.25) is 14.5 Å². The molecule has 1 atom stereocenters. The lowest BCUT2D eigenvalue weighted by Gasteiger charge is -2.35. The summed E-state index contributed by atoms with van der Waals surface area (Å²) in [5.41, 5.74) is 1.62. The van der Waals surface area contributed by atoms with Gasteiger partial charge < -0.3 is 9.64 Å². The van der Waals surface area contributed by atoms with E-state index in [-0.39, 0.29) is 42.3 Å². The predicted octanol–water partition coefficient (Wildman–Crippen LogP) is 2.40. The van der Waals surface area contributed by atoms with Crippen LogP contribution >= 0.6 is 0 Å². The van der Waals surface area contributed by atoms with Gasteiger partial charge in [0.25, 0.3) is 0 Å². The van der Waals surface area contributed by atoms with Crippen molar-refractivity contribution in [2.24, 2.45) is 0 Å². The molecule has 0 N–H and O–H groups in total. The van der Waals surface area contributed by atoms with Crippen LogP contribution in [-0.2, 0) is 26.1 Å². The summed E-state index contributed by atoms with van der Waals surface area (Å²) in [6.45, 7) is 5.04. The van der Waals surface area contributed by atoms with Gasteiger partial charge in [-0.2, -0.15) is 4.31 Å². The third-order valence-electron chi connectivity index (χ3n) is 6.58. The van der Waals surface area contributed by atoms with E-state index in [1.165, 1.54) is 35.5 Å². The number of carbonyl (C=O) groups excluding carboxylic acids is 2. The summed E-state index contributed by atoms with van der Waals surface area (Å²) >= 11 is 0. The lowest BCUT2D eigenvalue weighted by atomic mass is 10.2. The van der Waals surface area contributed by atoms with Crippen LogP contribution in [0.4, 0.5) is 0 Å². The van der Waals surface area contributed by atoms with Gasteiger partial charge in [0.1, 0.15) is 0 Å². The number of rotatable bonds is 9. The minimum atomic E-state index is -3.68. The van der Waals surface area contributed by atoms with E-state index in [0.29, 0.717) is 31.7 Å². The largest absolute Gasteiger partial charge is 0.377 e. The summed E-state index contributed by atoms with van der Waals surface area (Å²) in [7, 11) is -3.68. The van der Waals surface area contributed by atoms with Gasteiger partial charge in [0.15, 0.2) is 5.78 Å². The molecule has 0 radical (unpaired) electrons. The summed E-state index contributed by atoms with van der Waals surface area (Å²) < 4.78 is 33.3. The van der Waals surface area contributed by atoms with Crippen molar-refractivity contribution in [3.63, 3.8) is 0 Å². The van der Waals surface area contributed by atoms with E-state index in [9.17, 15) is 18.0 Å². The second kappa shape index (κ2) is 11.4. The molecule has 2 saturated heterocycles. The molecular weight excluding hydrogens is 466 g/mol. The second-order valence-corrected chi connectivity index (χ2v) is 11.1. The van der Waals surface area contributed by atoms with Crippen LogP contribution in [0.3, 0.4) is 0 Å². The number of sulfonamides is 1. The monoisotopic (exact) mass is 499 g/mol. The third kappa shape index (κ3) is 6.55. The van der Waals surface area contributed by atoms with E-state index in [1.54, 1.807) is 4.90 Å². The fourth-order valence-corrected chi connectivity index (χ4v) is 6.00. The molecule has 0 aliphatic carbocycles. The first kappa shape index (κ1) is 25.5. The van der Waals surface area contributed by atoms with Gasteiger partial charge in [0.05, 0.1) is 17.5 Å². The zero-order chi connectivity index (χ0) is 24.8. The number of Topliss-reactive ketones (excluding diaryl/α,β-unsaturated/α-hetero) is 1. The number of piperazine rings is 1. The van der Waals surface area contributed by atoms with Crippen LogP contribution < -0.4 is 0 Å². The molecule has 0 bridgehead atoms. The SMILES string of the molecule is CC(=O)c1ccc(S(=O)(=O)N2CCN(C(=O)CN(Cc3ccccc3)CC3CCCO3)CC2)cc1. The van der Waals surface area contributed by atoms with Crippen LogP contribution in [0.1, 0.15) is 35.7 Å². The van der Waals surface area contributed by atoms with Crippen molar-refractivity contribution >= 4 is 21.7 Å². The van der Waals surface area contributed by atoms with Crippen LogP contribution in [0.25, 0.3) is 0 Å². The number of carbonyl (C=O) groups is 2. The lowest BCUT2D eigenvalue weighted by molar-refractivity contribution is -0.134. The van der Waals surface area contributed by atoms with Gasteiger partial charge in [-0.1, -0.05) is 42.5 Å². The number of ether oxygens (including phenoxy) is 1. The molecule has 9 heteroatoms. The summed E-state index contributed by atoms with van der Waals surface area (Å²) in [5, 5.41) is 0. The first-order valence-corrected chi connectivity index (χ1v) is 13.5. The molecule has 35 heavy (non-hydrogen) atoms. The predicted molar refractivity (Wildman–Crippen MR) is 132 cm³/mol. The standard InChI is InChI=1S/C26H33N3O5S/c1-21(30)23-9-11-25(12-10-23)35(32,33)29-15-13-28(14-16-29)26(31)20-27(19-24-8-5-17-34-24)18-22-6-3-2-4-7-22/h2-4,6-7,9-12,24H,5,8,13-20H2,1H3. The van der Waals surface area contributed by atoms with Crippen molar-refractivity contribution in [1.82, 2.24) is 14.1 Å². The van der Waals surface area contributed by atoms with Gasteiger partial charge in [0, 0.05) is 51.4 Å². The summed E-state index contributed by atoms with van der Waals surface area (Å²) in [6, 6.07) is 16.1. The third-order valence-corrected chi connectivity index (χ3v) is 8.50. The quantitative estimate of drug-likeness (QED) is 0.493. The summed E-state index contributed by atoms with van der Waals surface area (Å²) in [6.07, 6.45) is 2.19. The Kier molecular flexibility index (Phi) is 8.33. The van der Waals surface area contributed by atoms with Crippen molar-refractivity contribution in [2.45, 2.75) is 37.3 Å². The van der Waals surface area contributed by atoms with Crippen molar-refractivity contribution in [2.75, 3.05) is 45.9 Å². The van der Waals surface area contributed by atoms with Crippen molar-refractivity contribution < 1.29 is 22.7 Å². The first-order chi connectivity index (χ1) is 16.8. The Labute approximate surface area is 207 Å². The van der Waals surface area contributed by atoms with Crippen LogP contribution in [0, 0.1) is 0 Å². The molecular formula is C26H33N3O5S. The fraction of sp³-hybridized carbons (Fsp3) is 0.462. The van der Waals surface area contributed by atoms with E-state index in [1.807, 2.05) is 18.2 Å². The molecule has 2 fully saturated rings. The maximum atomic E-state index is 13.1. The van der Waals surface area contributed by atoms with Gasteiger partial charge in [-0.05, 0) is 37.5 Å². The molecule has 1 amide bonds. The average Bonchev–Trinajstić information content (AvgIpc) is 3.38. The number of ketones is 1. The minimum Gasteiger partial charge on any atom is -0.377 e. The van der Waals surface area contributed by atoms with E-state index < -0.39 is 10.0 Å². The van der Waals surface area contributed by atoms with E-state index >= 15 is 0 Å². The van der Waals surface area contributed by atoms with E-state index in [4.69, 9.17) is 4.74 Å². The summed E-state index contributed by atoms with van der Waals surface area (Å²) in [5.74, 6) is -0.108. The molecule has 188 valence electrons. The number of benzene rings is 2. The number of nitrogens with zero attached hydrogens (tertiary/aromatic N) is 3. The Balaban J connectivity index is 1.35. The maximum absolute atomic E-state index is 13.1. The molecule has 2 aromatic carbocycles. The Morgan fingerprint density at radius 3 is 2.29 bits per heavy atom. The zero-order valence-corrected chi connectivity index (χ0v) is 21.0. The van der Waals surface area contributed by atoms with Crippen molar-refractivity contribution in [3.05, 3.63) is 65.7 Å². The average molecular weight is 500 g/mol. The smallest absolute Gasteiger partial charge is 0.243 e. The molecule has 1 unspecified atom stereocenters. The normalized spacial score (nSPS) is 19.3. The topological polar surface area (TPSA) is 87.2 Å². The molecule has 8 nitrogen and oxygen atoms in total. The highest BCUT2D eigenvalue weighted by Crippen LogP contribution is 2.20. The maximum Gasteiger partial charge on any atom is 0.243 e. The van der Waals surface area contributed by atoms with Gasteiger partial charge >= 0.3 is 0 Å². The Morgan fingerprint density at radius 2 is 1.69 bits per heavy atom. The fourth-order valence-electron chi connectivity index (χ4n) is 4.58. The molecule has 2 aromatic rings. The zero-order valence-electron chi connectivity index (χ0n) is 20.1.